The number of aliphatic hydroxyl groups is 1. The first-order chi connectivity index (χ1) is 27.8. The number of benzene rings is 4. The second-order valence-corrected chi connectivity index (χ2v) is 20.7. The van der Waals surface area contributed by atoms with E-state index in [9.17, 15) is 9.90 Å². The number of hydrogen-bond acceptors (Lipinski definition) is 6. The molecule has 1 unspecified atom stereocenters. The number of allylic oxidation sites excluding steroid dienone is 3. The second kappa shape index (κ2) is 15.5. The zero-order valence-corrected chi connectivity index (χ0v) is 35.2. The van der Waals surface area contributed by atoms with Gasteiger partial charge in [0.2, 0.25) is 8.41 Å². The van der Waals surface area contributed by atoms with Gasteiger partial charge in [0, 0.05) is 47.4 Å². The number of aromatic nitrogens is 3. The van der Waals surface area contributed by atoms with E-state index in [0.29, 0.717) is 47.7 Å². The summed E-state index contributed by atoms with van der Waals surface area (Å²) in [4.78, 5) is 32.8. The summed E-state index contributed by atoms with van der Waals surface area (Å²) in [6.07, 6.45) is 7.76. The van der Waals surface area contributed by atoms with Gasteiger partial charge >= 0.3 is 0 Å². The second-order valence-electron chi connectivity index (χ2n) is 16.9. The lowest BCUT2D eigenvalue weighted by Gasteiger charge is -2.31. The Kier molecular flexibility index (Phi) is 10.6. The van der Waals surface area contributed by atoms with E-state index in [2.05, 4.69) is 43.2 Å². The Balaban J connectivity index is 1.16. The van der Waals surface area contributed by atoms with Gasteiger partial charge in [-0.25, -0.2) is 0 Å². The number of anilines is 3. The summed E-state index contributed by atoms with van der Waals surface area (Å²) in [5.74, 6) is -1.17. The fourth-order valence-electron chi connectivity index (χ4n) is 9.63. The predicted molar refractivity (Wildman–Crippen MR) is 230 cm³/mol. The Labute approximate surface area is 341 Å². The summed E-state index contributed by atoms with van der Waals surface area (Å²) in [5.41, 5.74) is 5.48. The molecule has 1 aromatic heterocycles. The molecule has 11 heteroatoms. The number of fused-ring (bicyclic) bond motifs is 2. The number of aryl methyl sites for hydroxylation is 1. The molecule has 2 amide bonds. The van der Waals surface area contributed by atoms with Gasteiger partial charge in [0.05, 0.1) is 41.3 Å². The molecular formula is C47H52FN5O4Si. The number of halogens is 1. The molecule has 4 aromatic carbocycles. The lowest BCUT2D eigenvalue weighted by Crippen LogP contribution is -2.45. The fourth-order valence-corrected chi connectivity index (χ4v) is 12.2. The van der Waals surface area contributed by atoms with E-state index in [1.54, 1.807) is 27.6 Å². The van der Waals surface area contributed by atoms with Crippen molar-refractivity contribution >= 4 is 48.1 Å². The third kappa shape index (κ3) is 6.82. The Hall–Kier alpha value is -5.23. The van der Waals surface area contributed by atoms with Gasteiger partial charge in [-0.15, -0.1) is 5.10 Å². The minimum Gasteiger partial charge on any atom is -0.395 e. The van der Waals surface area contributed by atoms with Gasteiger partial charge in [-0.05, 0) is 94.4 Å². The molecule has 0 aliphatic carbocycles. The zero-order chi connectivity index (χ0) is 40.9. The Morgan fingerprint density at radius 2 is 1.74 bits per heavy atom. The summed E-state index contributed by atoms with van der Waals surface area (Å²) < 4.78 is 25.6. The number of hydrogen-bond donors (Lipinski definition) is 1. The van der Waals surface area contributed by atoms with Gasteiger partial charge in [-0.2, -0.15) is 0 Å². The molecule has 1 fully saturated rings. The largest absolute Gasteiger partial charge is 0.395 e. The van der Waals surface area contributed by atoms with Crippen molar-refractivity contribution in [2.45, 2.75) is 89.8 Å². The quantitative estimate of drug-likeness (QED) is 0.0724. The number of carbonyl (C=O) groups is 2. The van der Waals surface area contributed by atoms with Crippen LogP contribution in [0, 0.1) is 5.92 Å². The van der Waals surface area contributed by atoms with Crippen molar-refractivity contribution < 1.29 is 23.5 Å². The van der Waals surface area contributed by atoms with Crippen molar-refractivity contribution in [3.8, 4) is 0 Å². The summed E-state index contributed by atoms with van der Waals surface area (Å²) >= 11 is 0. The van der Waals surface area contributed by atoms with E-state index in [1.807, 2.05) is 98.0 Å². The monoisotopic (exact) mass is 797 g/mol. The van der Waals surface area contributed by atoms with E-state index in [4.69, 9.17) is 4.74 Å². The Morgan fingerprint density at radius 3 is 2.47 bits per heavy atom. The van der Waals surface area contributed by atoms with Crippen LogP contribution in [0.5, 0.6) is 0 Å². The van der Waals surface area contributed by atoms with Crippen molar-refractivity contribution in [2.24, 2.45) is 5.92 Å². The summed E-state index contributed by atoms with van der Waals surface area (Å²) in [5, 5.41) is 20.9. The van der Waals surface area contributed by atoms with E-state index >= 15 is 8.90 Å². The van der Waals surface area contributed by atoms with Crippen molar-refractivity contribution in [1.29, 1.82) is 0 Å². The van der Waals surface area contributed by atoms with Gasteiger partial charge in [0.15, 0.2) is 5.60 Å². The highest BCUT2D eigenvalue weighted by atomic mass is 28.4. The number of carbonyl (C=O) groups excluding carboxylic acids is 2. The molecule has 3 aliphatic rings. The standard InChI is InChI=1S/C47H52FN5O4Si/c1-30(2)13-10-14-31(3)23-26-52-40-22-21-35(53-41-20-12-18-34-17-11-19-36(43(34)41)45(53)55)27-38(40)47(46(52)56)32(4)44(58(5,6)48)42(57-47)24-25-51-28-39(49-50-51)37(29-54)33-15-8-7-9-16-33/h7-9,11-13,15-23,27-28,32,37,42,44,54H,10,14,24-26,29H2,1-6H3/b31-23+/t32-,37?,42+,44-,47+/m1/s1. The Morgan fingerprint density at radius 1 is 0.983 bits per heavy atom. The molecule has 8 rings (SSSR count). The van der Waals surface area contributed by atoms with Crippen LogP contribution in [0.4, 0.5) is 21.2 Å². The van der Waals surface area contributed by atoms with Gasteiger partial charge in [-0.1, -0.05) is 90.0 Å². The third-order valence-corrected chi connectivity index (χ3v) is 14.9. The van der Waals surface area contributed by atoms with Gasteiger partial charge in [0.25, 0.3) is 11.8 Å². The molecule has 0 radical (unpaired) electrons. The maximum Gasteiger partial charge on any atom is 0.264 e. The van der Waals surface area contributed by atoms with Crippen LogP contribution in [0.1, 0.15) is 80.1 Å². The fraction of sp³-hybridized carbons (Fsp3) is 0.362. The van der Waals surface area contributed by atoms with Crippen molar-refractivity contribution in [3.63, 3.8) is 0 Å². The summed E-state index contributed by atoms with van der Waals surface area (Å²) in [7, 11) is -3.46. The maximum atomic E-state index is 16.8. The number of nitrogens with zero attached hydrogens (tertiary/aromatic N) is 5. The van der Waals surface area contributed by atoms with Crippen LogP contribution < -0.4 is 9.80 Å². The lowest BCUT2D eigenvalue weighted by atomic mass is 9.82. The molecule has 1 saturated heterocycles. The van der Waals surface area contributed by atoms with Crippen LogP contribution in [0.3, 0.4) is 0 Å². The van der Waals surface area contributed by atoms with Crippen LogP contribution in [-0.2, 0) is 21.7 Å². The third-order valence-electron chi connectivity index (χ3n) is 12.4. The van der Waals surface area contributed by atoms with Crippen LogP contribution in [-0.4, -0.2) is 59.6 Å². The highest BCUT2D eigenvalue weighted by Crippen LogP contribution is 2.61. The maximum absolute atomic E-state index is 16.8. The lowest BCUT2D eigenvalue weighted by molar-refractivity contribution is -0.145. The van der Waals surface area contributed by atoms with E-state index in [-0.39, 0.29) is 24.3 Å². The van der Waals surface area contributed by atoms with E-state index < -0.39 is 31.6 Å². The first-order valence-electron chi connectivity index (χ1n) is 20.4. The molecule has 3 aliphatic heterocycles. The van der Waals surface area contributed by atoms with Crippen molar-refractivity contribution in [2.75, 3.05) is 23.0 Å². The molecule has 5 atom stereocenters. The highest BCUT2D eigenvalue weighted by molar-refractivity contribution is 6.72. The number of rotatable bonds is 13. The predicted octanol–water partition coefficient (Wildman–Crippen LogP) is 9.75. The first kappa shape index (κ1) is 39.6. The molecule has 5 aromatic rings. The number of amides is 2. The van der Waals surface area contributed by atoms with Crippen LogP contribution in [0.15, 0.2) is 114 Å². The van der Waals surface area contributed by atoms with Crippen molar-refractivity contribution in [3.05, 3.63) is 137 Å². The zero-order valence-electron chi connectivity index (χ0n) is 34.2. The van der Waals surface area contributed by atoms with E-state index in [0.717, 1.165) is 34.9 Å². The van der Waals surface area contributed by atoms with Gasteiger partial charge < -0.3 is 18.9 Å². The molecule has 1 spiro atoms. The summed E-state index contributed by atoms with van der Waals surface area (Å²) in [6.45, 7) is 12.3. The van der Waals surface area contributed by atoms with Gasteiger partial charge in [0.1, 0.15) is 0 Å². The molecule has 58 heavy (non-hydrogen) atoms. The van der Waals surface area contributed by atoms with Crippen LogP contribution in [0.2, 0.25) is 18.6 Å². The molecule has 0 bridgehead atoms. The normalized spacial score (nSPS) is 22.1. The SMILES string of the molecule is CC(C)=CCC/C(C)=C/CN1C(=O)[C@@]2(O[C@@H](CCn3cc(C(CO)c4ccccc4)nn3)[C@H]([Si](C)(C)F)[C@H]2C)c2cc(N3C(=O)c4cccc5cccc3c45)ccc21. The minimum absolute atomic E-state index is 0.118. The first-order valence-corrected chi connectivity index (χ1v) is 23.3. The average Bonchev–Trinajstić information content (AvgIpc) is 3.92. The molecule has 1 N–H and O–H groups in total. The van der Waals surface area contributed by atoms with Crippen LogP contribution in [0.25, 0.3) is 10.8 Å². The number of ether oxygens (including phenoxy) is 1. The highest BCUT2D eigenvalue weighted by Gasteiger charge is 2.66. The molecule has 4 heterocycles. The van der Waals surface area contributed by atoms with Crippen molar-refractivity contribution in [1.82, 2.24) is 15.0 Å². The molecular weight excluding hydrogens is 746 g/mol. The molecule has 9 nitrogen and oxygen atoms in total. The molecule has 0 saturated carbocycles. The van der Waals surface area contributed by atoms with E-state index in [1.165, 1.54) is 11.1 Å². The van der Waals surface area contributed by atoms with Crippen LogP contribution >= 0.6 is 0 Å². The number of aliphatic hydroxyl groups excluding tert-OH is 1. The molecule has 300 valence electrons. The topological polar surface area (TPSA) is 101 Å². The average molecular weight is 798 g/mol. The Bertz CT molecular complexity index is 2430. The minimum atomic E-state index is -3.46. The van der Waals surface area contributed by atoms with Gasteiger partial charge in [-0.3, -0.25) is 19.2 Å². The smallest absolute Gasteiger partial charge is 0.264 e. The summed E-state index contributed by atoms with van der Waals surface area (Å²) in [6, 6.07) is 27.2.